The van der Waals surface area contributed by atoms with Crippen molar-refractivity contribution in [2.75, 3.05) is 13.1 Å². The van der Waals surface area contributed by atoms with E-state index in [-0.39, 0.29) is 5.75 Å². The molecule has 1 saturated carbocycles. The van der Waals surface area contributed by atoms with Gasteiger partial charge in [-0.2, -0.15) is 13.2 Å². The summed E-state index contributed by atoms with van der Waals surface area (Å²) >= 11 is 0. The SMILES string of the molecule is CCNCCC1(Oc2ccccc2C(F)(F)F)CCC1. The molecule has 1 N–H and O–H groups in total. The molecular formula is C15H20F3NO. The zero-order valence-corrected chi connectivity index (χ0v) is 11.6. The quantitative estimate of drug-likeness (QED) is 0.798. The molecule has 0 bridgehead atoms. The van der Waals surface area contributed by atoms with Crippen LogP contribution in [0.25, 0.3) is 0 Å². The van der Waals surface area contributed by atoms with Gasteiger partial charge in [-0.1, -0.05) is 19.1 Å². The number of rotatable bonds is 6. The van der Waals surface area contributed by atoms with Gasteiger partial charge >= 0.3 is 6.18 Å². The summed E-state index contributed by atoms with van der Waals surface area (Å²) in [6.07, 6.45) is -0.967. The van der Waals surface area contributed by atoms with Crippen molar-refractivity contribution in [2.45, 2.75) is 44.4 Å². The highest BCUT2D eigenvalue weighted by Gasteiger charge is 2.41. The highest BCUT2D eigenvalue weighted by molar-refractivity contribution is 5.36. The van der Waals surface area contributed by atoms with E-state index in [1.165, 1.54) is 12.1 Å². The van der Waals surface area contributed by atoms with Crippen molar-refractivity contribution in [3.8, 4) is 5.75 Å². The molecule has 0 unspecified atom stereocenters. The molecule has 20 heavy (non-hydrogen) atoms. The van der Waals surface area contributed by atoms with Gasteiger partial charge in [-0.15, -0.1) is 0 Å². The molecule has 0 heterocycles. The highest BCUT2D eigenvalue weighted by Crippen LogP contribution is 2.43. The maximum Gasteiger partial charge on any atom is 0.419 e. The minimum atomic E-state index is -4.37. The lowest BCUT2D eigenvalue weighted by atomic mass is 9.77. The Morgan fingerprint density at radius 1 is 1.25 bits per heavy atom. The van der Waals surface area contributed by atoms with Crippen LogP contribution in [0.2, 0.25) is 0 Å². The monoisotopic (exact) mass is 287 g/mol. The van der Waals surface area contributed by atoms with E-state index >= 15 is 0 Å². The lowest BCUT2D eigenvalue weighted by Crippen LogP contribution is -2.45. The third-order valence-corrected chi connectivity index (χ3v) is 3.79. The molecule has 1 aromatic rings. The van der Waals surface area contributed by atoms with E-state index in [2.05, 4.69) is 5.32 Å². The predicted molar refractivity (Wildman–Crippen MR) is 71.8 cm³/mol. The fraction of sp³-hybridized carbons (Fsp3) is 0.600. The molecule has 0 aromatic heterocycles. The number of alkyl halides is 3. The lowest BCUT2D eigenvalue weighted by molar-refractivity contribution is -0.141. The molecule has 0 saturated heterocycles. The van der Waals surface area contributed by atoms with Crippen LogP contribution in [0.5, 0.6) is 5.75 Å². The summed E-state index contributed by atoms with van der Waals surface area (Å²) in [6, 6.07) is 5.46. The maximum atomic E-state index is 13.0. The molecule has 0 spiro atoms. The predicted octanol–water partition coefficient (Wildman–Crippen LogP) is 4.01. The maximum absolute atomic E-state index is 13.0. The number of ether oxygens (including phenoxy) is 1. The standard InChI is InChI=1S/C15H20F3NO/c1-2-19-11-10-14(8-5-9-14)20-13-7-4-3-6-12(13)15(16,17)18/h3-4,6-7,19H,2,5,8-11H2,1H3. The second kappa shape index (κ2) is 6.04. The van der Waals surface area contributed by atoms with Gasteiger partial charge in [0.25, 0.3) is 0 Å². The fourth-order valence-corrected chi connectivity index (χ4v) is 2.49. The van der Waals surface area contributed by atoms with E-state index in [4.69, 9.17) is 4.74 Å². The Labute approximate surface area is 117 Å². The molecule has 1 fully saturated rings. The van der Waals surface area contributed by atoms with E-state index in [1.54, 1.807) is 6.07 Å². The Morgan fingerprint density at radius 3 is 2.50 bits per heavy atom. The molecule has 0 aliphatic heterocycles. The first-order valence-corrected chi connectivity index (χ1v) is 7.03. The second-order valence-electron chi connectivity index (χ2n) is 5.24. The molecule has 112 valence electrons. The summed E-state index contributed by atoms with van der Waals surface area (Å²) in [6.45, 7) is 3.63. The Balaban J connectivity index is 2.12. The number of hydrogen-bond acceptors (Lipinski definition) is 2. The number of benzene rings is 1. The summed E-state index contributed by atoms with van der Waals surface area (Å²) in [4.78, 5) is 0. The van der Waals surface area contributed by atoms with Gasteiger partial charge in [0.1, 0.15) is 11.4 Å². The van der Waals surface area contributed by atoms with Crippen molar-refractivity contribution < 1.29 is 17.9 Å². The van der Waals surface area contributed by atoms with Crippen LogP contribution in [0.3, 0.4) is 0 Å². The lowest BCUT2D eigenvalue weighted by Gasteiger charge is -2.42. The number of hydrogen-bond donors (Lipinski definition) is 1. The molecule has 1 aromatic carbocycles. The van der Waals surface area contributed by atoms with Gasteiger partial charge < -0.3 is 10.1 Å². The van der Waals surface area contributed by atoms with Crippen LogP contribution < -0.4 is 10.1 Å². The average molecular weight is 287 g/mol. The summed E-state index contributed by atoms with van der Waals surface area (Å²) in [7, 11) is 0. The molecular weight excluding hydrogens is 267 g/mol. The molecule has 2 nitrogen and oxygen atoms in total. The Kier molecular flexibility index (Phi) is 4.58. The smallest absolute Gasteiger partial charge is 0.419 e. The molecule has 1 aliphatic carbocycles. The van der Waals surface area contributed by atoms with E-state index in [1.807, 2.05) is 6.92 Å². The molecule has 1 aliphatic rings. The van der Waals surface area contributed by atoms with Gasteiger partial charge in [0.05, 0.1) is 5.56 Å². The molecule has 0 amide bonds. The van der Waals surface area contributed by atoms with Gasteiger partial charge in [-0.25, -0.2) is 0 Å². The normalized spacial score (nSPS) is 17.6. The van der Waals surface area contributed by atoms with Crippen LogP contribution in [-0.2, 0) is 6.18 Å². The summed E-state index contributed by atoms with van der Waals surface area (Å²) in [5.41, 5.74) is -1.11. The van der Waals surface area contributed by atoms with Gasteiger partial charge in [-0.3, -0.25) is 0 Å². The van der Waals surface area contributed by atoms with Gasteiger partial charge in [0, 0.05) is 0 Å². The van der Waals surface area contributed by atoms with Crippen molar-refractivity contribution in [1.29, 1.82) is 0 Å². The first kappa shape index (κ1) is 15.2. The zero-order valence-electron chi connectivity index (χ0n) is 11.6. The van der Waals surface area contributed by atoms with Crippen molar-refractivity contribution >= 4 is 0 Å². The van der Waals surface area contributed by atoms with Crippen molar-refractivity contribution in [3.63, 3.8) is 0 Å². The third-order valence-electron chi connectivity index (χ3n) is 3.79. The van der Waals surface area contributed by atoms with E-state index < -0.39 is 17.3 Å². The fourth-order valence-electron chi connectivity index (χ4n) is 2.49. The summed E-state index contributed by atoms with van der Waals surface area (Å²) in [5.74, 6) is -0.0452. The van der Waals surface area contributed by atoms with Crippen LogP contribution in [0.4, 0.5) is 13.2 Å². The largest absolute Gasteiger partial charge is 0.487 e. The van der Waals surface area contributed by atoms with E-state index in [0.717, 1.165) is 44.8 Å². The van der Waals surface area contributed by atoms with Gasteiger partial charge in [-0.05, 0) is 50.9 Å². The molecule has 0 radical (unpaired) electrons. The van der Waals surface area contributed by atoms with Crippen molar-refractivity contribution in [1.82, 2.24) is 5.32 Å². The summed E-state index contributed by atoms with van der Waals surface area (Å²) < 4.78 is 44.7. The van der Waals surface area contributed by atoms with Crippen LogP contribution in [0.1, 0.15) is 38.2 Å². The number of nitrogens with one attached hydrogen (secondary N) is 1. The molecule has 0 atom stereocenters. The first-order chi connectivity index (χ1) is 9.47. The third kappa shape index (κ3) is 3.45. The van der Waals surface area contributed by atoms with Gasteiger partial charge in [0.2, 0.25) is 0 Å². The topological polar surface area (TPSA) is 21.3 Å². The Bertz CT molecular complexity index is 441. The number of halogens is 3. The second-order valence-corrected chi connectivity index (χ2v) is 5.24. The average Bonchev–Trinajstić information content (AvgIpc) is 2.35. The van der Waals surface area contributed by atoms with Crippen LogP contribution >= 0.6 is 0 Å². The first-order valence-electron chi connectivity index (χ1n) is 7.03. The highest BCUT2D eigenvalue weighted by atomic mass is 19.4. The Morgan fingerprint density at radius 2 is 1.95 bits per heavy atom. The zero-order chi connectivity index (χ0) is 14.6. The van der Waals surface area contributed by atoms with Crippen molar-refractivity contribution in [2.24, 2.45) is 0 Å². The van der Waals surface area contributed by atoms with Gasteiger partial charge in [0.15, 0.2) is 0 Å². The molecule has 5 heteroatoms. The van der Waals surface area contributed by atoms with Crippen LogP contribution in [0, 0.1) is 0 Å². The Hall–Kier alpha value is -1.23. The van der Waals surface area contributed by atoms with Crippen LogP contribution in [0.15, 0.2) is 24.3 Å². The minimum Gasteiger partial charge on any atom is -0.487 e. The van der Waals surface area contributed by atoms with Crippen molar-refractivity contribution in [3.05, 3.63) is 29.8 Å². The summed E-state index contributed by atoms with van der Waals surface area (Å²) in [5, 5.41) is 3.20. The minimum absolute atomic E-state index is 0.0452. The molecule has 2 rings (SSSR count). The number of para-hydroxylation sites is 1. The van der Waals surface area contributed by atoms with E-state index in [9.17, 15) is 13.2 Å². The van der Waals surface area contributed by atoms with E-state index in [0.29, 0.717) is 0 Å². The van der Waals surface area contributed by atoms with Crippen LogP contribution in [-0.4, -0.2) is 18.7 Å².